The van der Waals surface area contributed by atoms with Crippen molar-refractivity contribution in [1.29, 1.82) is 5.26 Å². The second-order valence-corrected chi connectivity index (χ2v) is 6.16. The first-order chi connectivity index (χ1) is 10.8. The Morgan fingerprint density at radius 3 is 2.61 bits per heavy atom. The number of hydrogen-bond donors (Lipinski definition) is 2. The summed E-state index contributed by atoms with van der Waals surface area (Å²) in [7, 11) is 0. The lowest BCUT2D eigenvalue weighted by Gasteiger charge is -2.41. The first-order valence-electron chi connectivity index (χ1n) is 6.92. The molecule has 126 valence electrons. The average molecular weight is 348 g/mol. The van der Waals surface area contributed by atoms with Crippen molar-refractivity contribution in [3.63, 3.8) is 0 Å². The second-order valence-electron chi connectivity index (χ2n) is 5.24. The Hall–Kier alpha value is -1.63. The predicted octanol–water partition coefficient (Wildman–Crippen LogP) is 2.60. The molecule has 0 bridgehead atoms. The number of ether oxygens (including phenoxy) is 1. The Morgan fingerprint density at radius 2 is 2.09 bits per heavy atom. The van der Waals surface area contributed by atoms with Gasteiger partial charge in [-0.05, 0) is 42.9 Å². The maximum atomic E-state index is 10.6. The highest BCUT2D eigenvalue weighted by Crippen LogP contribution is 2.46. The largest absolute Gasteiger partial charge is 0.490 e. The van der Waals surface area contributed by atoms with E-state index in [2.05, 4.69) is 22.8 Å². The van der Waals surface area contributed by atoms with Crippen LogP contribution in [0.15, 0.2) is 11.4 Å². The zero-order valence-electron chi connectivity index (χ0n) is 12.0. The number of fused-ring (bicyclic) bond motifs is 2. The number of nitrogens with zero attached hydrogens (tertiary/aromatic N) is 1. The molecule has 0 radical (unpaired) electrons. The molecule has 1 aromatic heterocycles. The van der Waals surface area contributed by atoms with E-state index in [1.807, 2.05) is 0 Å². The number of halogens is 3. The fourth-order valence-electron chi connectivity index (χ4n) is 2.67. The van der Waals surface area contributed by atoms with Crippen LogP contribution in [0.5, 0.6) is 0 Å². The lowest BCUT2D eigenvalue weighted by Crippen LogP contribution is -2.44. The summed E-state index contributed by atoms with van der Waals surface area (Å²) in [5.74, 6) is -2.82. The van der Waals surface area contributed by atoms with Crippen molar-refractivity contribution < 1.29 is 27.8 Å². The summed E-state index contributed by atoms with van der Waals surface area (Å²) < 4.78 is 37.8. The van der Waals surface area contributed by atoms with E-state index < -0.39 is 12.1 Å². The van der Waals surface area contributed by atoms with Crippen molar-refractivity contribution in [1.82, 2.24) is 5.32 Å². The van der Waals surface area contributed by atoms with Gasteiger partial charge < -0.3 is 15.2 Å². The van der Waals surface area contributed by atoms with Crippen molar-refractivity contribution in [2.75, 3.05) is 19.7 Å². The lowest BCUT2D eigenvalue weighted by molar-refractivity contribution is -0.192. The number of nitrogens with one attached hydrogen (secondary N) is 1. The highest BCUT2D eigenvalue weighted by atomic mass is 32.1. The molecule has 1 unspecified atom stereocenters. The van der Waals surface area contributed by atoms with Crippen LogP contribution in [0.25, 0.3) is 0 Å². The van der Waals surface area contributed by atoms with Gasteiger partial charge in [-0.15, -0.1) is 11.3 Å². The normalized spacial score (nSPS) is 22.4. The first-order valence-corrected chi connectivity index (χ1v) is 7.80. The number of nitriles is 1. The Bertz CT molecular complexity index is 603. The molecule has 3 heterocycles. The number of alkyl halides is 3. The minimum absolute atomic E-state index is 0.0678. The van der Waals surface area contributed by atoms with Gasteiger partial charge in [-0.3, -0.25) is 0 Å². The molecule has 1 saturated heterocycles. The third-order valence-electron chi connectivity index (χ3n) is 3.82. The topological polar surface area (TPSA) is 82.3 Å². The SMILES string of the molecule is N#CC1COC2(CCNCC2)c2sccc21.O=C(O)C(F)(F)F. The summed E-state index contributed by atoms with van der Waals surface area (Å²) in [6.07, 6.45) is -3.03. The molecule has 3 rings (SSSR count). The molecule has 1 atom stereocenters. The summed E-state index contributed by atoms with van der Waals surface area (Å²) in [5, 5.41) is 21.7. The molecule has 0 saturated carbocycles. The second kappa shape index (κ2) is 6.86. The highest BCUT2D eigenvalue weighted by molar-refractivity contribution is 7.10. The highest BCUT2D eigenvalue weighted by Gasteiger charge is 2.43. The van der Waals surface area contributed by atoms with Crippen LogP contribution >= 0.6 is 11.3 Å². The van der Waals surface area contributed by atoms with Gasteiger partial charge in [-0.1, -0.05) is 0 Å². The Morgan fingerprint density at radius 1 is 1.48 bits per heavy atom. The molecule has 2 N–H and O–H groups in total. The van der Waals surface area contributed by atoms with Gasteiger partial charge in [0.05, 0.1) is 18.6 Å². The molecule has 0 aliphatic carbocycles. The Labute approximate surface area is 134 Å². The Balaban J connectivity index is 0.000000236. The van der Waals surface area contributed by atoms with E-state index in [4.69, 9.17) is 19.9 Å². The quantitative estimate of drug-likeness (QED) is 0.753. The third-order valence-corrected chi connectivity index (χ3v) is 4.94. The van der Waals surface area contributed by atoms with Crippen LogP contribution in [-0.2, 0) is 15.1 Å². The van der Waals surface area contributed by atoms with Gasteiger partial charge in [0.25, 0.3) is 0 Å². The zero-order valence-corrected chi connectivity index (χ0v) is 12.8. The van der Waals surface area contributed by atoms with E-state index in [1.165, 1.54) is 10.4 Å². The van der Waals surface area contributed by atoms with Crippen LogP contribution in [0.1, 0.15) is 29.2 Å². The van der Waals surface area contributed by atoms with E-state index in [0.29, 0.717) is 6.61 Å². The Kier molecular flexibility index (Phi) is 5.29. The number of aliphatic carboxylic acids is 1. The van der Waals surface area contributed by atoms with Gasteiger partial charge in [0.15, 0.2) is 0 Å². The standard InChI is InChI=1S/C12H14N2OS.C2HF3O2/c13-7-9-8-15-12(2-4-14-5-3-12)11-10(9)1-6-16-11;3-2(4,5)1(6)7/h1,6,9,14H,2-5,8H2;(H,6,7). The maximum absolute atomic E-state index is 10.6. The van der Waals surface area contributed by atoms with Crippen LogP contribution in [0.2, 0.25) is 0 Å². The van der Waals surface area contributed by atoms with Crippen LogP contribution in [0, 0.1) is 11.3 Å². The van der Waals surface area contributed by atoms with Gasteiger partial charge >= 0.3 is 12.1 Å². The minimum Gasteiger partial charge on any atom is -0.475 e. The molecule has 9 heteroatoms. The van der Waals surface area contributed by atoms with Gasteiger partial charge in [-0.25, -0.2) is 4.79 Å². The lowest BCUT2D eigenvalue weighted by atomic mass is 9.83. The van der Waals surface area contributed by atoms with Crippen molar-refractivity contribution in [3.8, 4) is 6.07 Å². The van der Waals surface area contributed by atoms with E-state index in [1.54, 1.807) is 11.3 Å². The fraction of sp³-hybridized carbons (Fsp3) is 0.571. The van der Waals surface area contributed by atoms with Crippen LogP contribution in [0.4, 0.5) is 13.2 Å². The van der Waals surface area contributed by atoms with Gasteiger partial charge in [0.2, 0.25) is 0 Å². The number of piperidine rings is 1. The summed E-state index contributed by atoms with van der Waals surface area (Å²) in [5.41, 5.74) is 1.11. The summed E-state index contributed by atoms with van der Waals surface area (Å²) >= 11 is 1.75. The third kappa shape index (κ3) is 3.83. The fourth-order valence-corrected chi connectivity index (χ4v) is 3.85. The molecule has 2 aliphatic heterocycles. The predicted molar refractivity (Wildman–Crippen MR) is 76.1 cm³/mol. The van der Waals surface area contributed by atoms with Gasteiger partial charge in [0.1, 0.15) is 5.60 Å². The number of hydrogen-bond acceptors (Lipinski definition) is 5. The van der Waals surface area contributed by atoms with Crippen molar-refractivity contribution in [3.05, 3.63) is 21.9 Å². The van der Waals surface area contributed by atoms with Crippen LogP contribution in [0.3, 0.4) is 0 Å². The smallest absolute Gasteiger partial charge is 0.475 e. The van der Waals surface area contributed by atoms with E-state index in [0.717, 1.165) is 25.9 Å². The molecule has 0 aromatic carbocycles. The molecule has 23 heavy (non-hydrogen) atoms. The van der Waals surface area contributed by atoms with E-state index >= 15 is 0 Å². The number of thiophene rings is 1. The van der Waals surface area contributed by atoms with Crippen LogP contribution in [-0.4, -0.2) is 36.9 Å². The van der Waals surface area contributed by atoms with Gasteiger partial charge in [-0.2, -0.15) is 18.4 Å². The molecule has 1 spiro atoms. The number of carbonyl (C=O) groups is 1. The van der Waals surface area contributed by atoms with Crippen LogP contribution < -0.4 is 5.32 Å². The molecule has 0 amide bonds. The average Bonchev–Trinajstić information content (AvgIpc) is 2.99. The summed E-state index contributed by atoms with van der Waals surface area (Å²) in [6.45, 7) is 2.57. The van der Waals surface area contributed by atoms with Gasteiger partial charge in [0, 0.05) is 4.88 Å². The molecule has 2 aliphatic rings. The molecule has 1 fully saturated rings. The minimum atomic E-state index is -5.08. The number of carboxylic acids is 1. The molecular formula is C14H15F3N2O3S. The monoisotopic (exact) mass is 348 g/mol. The zero-order chi connectivity index (χ0) is 17.1. The summed E-state index contributed by atoms with van der Waals surface area (Å²) in [6, 6.07) is 4.43. The number of rotatable bonds is 0. The maximum Gasteiger partial charge on any atom is 0.490 e. The van der Waals surface area contributed by atoms with Crippen molar-refractivity contribution in [2.24, 2.45) is 0 Å². The molecular weight excluding hydrogens is 333 g/mol. The molecule has 5 nitrogen and oxygen atoms in total. The number of carboxylic acid groups (broad SMARTS) is 1. The van der Waals surface area contributed by atoms with Crippen molar-refractivity contribution >= 4 is 17.3 Å². The van der Waals surface area contributed by atoms with Crippen molar-refractivity contribution in [2.45, 2.75) is 30.5 Å². The van der Waals surface area contributed by atoms with E-state index in [9.17, 15) is 13.2 Å². The molecule has 1 aromatic rings. The first kappa shape index (κ1) is 17.7. The van der Waals surface area contributed by atoms with E-state index in [-0.39, 0.29) is 11.5 Å². The summed E-state index contributed by atoms with van der Waals surface area (Å²) in [4.78, 5) is 10.2.